The third kappa shape index (κ3) is 3.88. The lowest BCUT2D eigenvalue weighted by Crippen LogP contribution is -2.22. The highest BCUT2D eigenvalue weighted by atomic mass is 79.9. The highest BCUT2D eigenvalue weighted by molar-refractivity contribution is 9.10. The van der Waals surface area contributed by atoms with Crippen LogP contribution < -0.4 is 5.56 Å². The summed E-state index contributed by atoms with van der Waals surface area (Å²) >= 11 is 3.41. The average molecular weight is 447 g/mol. The number of aromatic nitrogens is 2. The van der Waals surface area contributed by atoms with Crippen molar-refractivity contribution >= 4 is 45.0 Å². The van der Waals surface area contributed by atoms with Gasteiger partial charge < -0.3 is 5.11 Å². The van der Waals surface area contributed by atoms with Crippen LogP contribution in [-0.4, -0.2) is 20.6 Å². The van der Waals surface area contributed by atoms with Gasteiger partial charge in [-0.2, -0.15) is 0 Å². The molecule has 0 atom stereocenters. The summed E-state index contributed by atoms with van der Waals surface area (Å²) in [6, 6.07) is 21.1. The van der Waals surface area contributed by atoms with Gasteiger partial charge >= 0.3 is 5.97 Å². The number of fused-ring (bicyclic) bond motifs is 1. The first-order valence-electron chi connectivity index (χ1n) is 8.82. The van der Waals surface area contributed by atoms with Gasteiger partial charge in [-0.3, -0.25) is 9.36 Å². The summed E-state index contributed by atoms with van der Waals surface area (Å²) in [5.74, 6) is -0.560. The second-order valence-corrected chi connectivity index (χ2v) is 7.28. The molecule has 5 nitrogen and oxygen atoms in total. The van der Waals surface area contributed by atoms with Crippen molar-refractivity contribution in [1.82, 2.24) is 9.55 Å². The highest BCUT2D eigenvalue weighted by Crippen LogP contribution is 2.17. The predicted molar refractivity (Wildman–Crippen MR) is 117 cm³/mol. The van der Waals surface area contributed by atoms with E-state index in [0.29, 0.717) is 22.4 Å². The smallest absolute Gasteiger partial charge is 0.335 e. The number of rotatable bonds is 4. The van der Waals surface area contributed by atoms with Crippen LogP contribution in [0.3, 0.4) is 0 Å². The van der Waals surface area contributed by atoms with Crippen LogP contribution in [-0.2, 0) is 0 Å². The van der Waals surface area contributed by atoms with Gasteiger partial charge in [-0.15, -0.1) is 0 Å². The van der Waals surface area contributed by atoms with Gasteiger partial charge in [-0.1, -0.05) is 46.3 Å². The van der Waals surface area contributed by atoms with Gasteiger partial charge in [0.25, 0.3) is 5.56 Å². The van der Waals surface area contributed by atoms with Gasteiger partial charge in [0.15, 0.2) is 0 Å². The van der Waals surface area contributed by atoms with Crippen molar-refractivity contribution in [3.8, 4) is 5.69 Å². The minimum absolute atomic E-state index is 0.155. The second kappa shape index (κ2) is 7.85. The quantitative estimate of drug-likeness (QED) is 0.477. The molecule has 0 aliphatic rings. The number of carboxylic acids is 1. The monoisotopic (exact) mass is 446 g/mol. The first kappa shape index (κ1) is 18.8. The summed E-state index contributed by atoms with van der Waals surface area (Å²) in [6.45, 7) is 0. The van der Waals surface area contributed by atoms with E-state index in [4.69, 9.17) is 5.11 Å². The van der Waals surface area contributed by atoms with Gasteiger partial charge in [0, 0.05) is 4.47 Å². The molecule has 1 aromatic heterocycles. The first-order chi connectivity index (χ1) is 14.0. The second-order valence-electron chi connectivity index (χ2n) is 6.36. The maximum atomic E-state index is 13.2. The molecule has 29 heavy (non-hydrogen) atoms. The van der Waals surface area contributed by atoms with Crippen molar-refractivity contribution < 1.29 is 9.90 Å². The zero-order valence-electron chi connectivity index (χ0n) is 15.1. The summed E-state index contributed by atoms with van der Waals surface area (Å²) in [5, 5.41) is 9.63. The minimum Gasteiger partial charge on any atom is -0.478 e. The van der Waals surface area contributed by atoms with Crippen molar-refractivity contribution in [1.29, 1.82) is 0 Å². The van der Waals surface area contributed by atoms with E-state index in [9.17, 15) is 9.59 Å². The van der Waals surface area contributed by atoms with Crippen LogP contribution in [0.5, 0.6) is 0 Å². The molecular formula is C23H15BrN2O3. The van der Waals surface area contributed by atoms with Gasteiger partial charge in [0.2, 0.25) is 0 Å². The number of hydrogen-bond acceptors (Lipinski definition) is 3. The van der Waals surface area contributed by atoms with E-state index >= 15 is 0 Å². The molecule has 4 rings (SSSR count). The summed E-state index contributed by atoms with van der Waals surface area (Å²) in [5.41, 5.74) is 2.06. The van der Waals surface area contributed by atoms with Crippen LogP contribution in [0, 0.1) is 0 Å². The van der Waals surface area contributed by atoms with Crippen LogP contribution in [0.2, 0.25) is 0 Å². The van der Waals surface area contributed by atoms with E-state index in [1.165, 1.54) is 16.7 Å². The molecule has 0 aliphatic heterocycles. The maximum absolute atomic E-state index is 13.2. The molecule has 1 heterocycles. The molecule has 6 heteroatoms. The fraction of sp³-hybridized carbons (Fsp3) is 0. The third-order valence-electron chi connectivity index (χ3n) is 4.47. The van der Waals surface area contributed by atoms with Crippen molar-refractivity contribution in [2.75, 3.05) is 0 Å². The molecule has 142 valence electrons. The SMILES string of the molecule is O=C(O)c1ccc(-n2c(/C=C/c3ccc(Br)cc3)nc3ccccc3c2=O)cc1. The van der Waals surface area contributed by atoms with Crippen LogP contribution >= 0.6 is 15.9 Å². The molecule has 0 bridgehead atoms. The van der Waals surface area contributed by atoms with Gasteiger partial charge in [-0.05, 0) is 60.2 Å². The van der Waals surface area contributed by atoms with Crippen molar-refractivity contribution in [3.63, 3.8) is 0 Å². The Balaban J connectivity index is 1.89. The van der Waals surface area contributed by atoms with E-state index in [1.54, 1.807) is 36.4 Å². The van der Waals surface area contributed by atoms with E-state index in [1.807, 2.05) is 36.4 Å². The van der Waals surface area contributed by atoms with E-state index < -0.39 is 5.97 Å². The maximum Gasteiger partial charge on any atom is 0.335 e. The van der Waals surface area contributed by atoms with Crippen LogP contribution in [0.1, 0.15) is 21.7 Å². The lowest BCUT2D eigenvalue weighted by Gasteiger charge is -2.11. The number of hydrogen-bond donors (Lipinski definition) is 1. The first-order valence-corrected chi connectivity index (χ1v) is 9.61. The fourth-order valence-electron chi connectivity index (χ4n) is 3.01. The molecule has 1 N–H and O–H groups in total. The number of benzene rings is 3. The van der Waals surface area contributed by atoms with E-state index in [0.717, 1.165) is 10.0 Å². The van der Waals surface area contributed by atoms with Crippen LogP contribution in [0.15, 0.2) is 82.1 Å². The number of para-hydroxylation sites is 1. The minimum atomic E-state index is -1.02. The Morgan fingerprint density at radius 1 is 0.931 bits per heavy atom. The molecular weight excluding hydrogens is 432 g/mol. The van der Waals surface area contributed by atoms with E-state index in [-0.39, 0.29) is 11.1 Å². The number of aromatic carboxylic acids is 1. The lowest BCUT2D eigenvalue weighted by atomic mass is 10.1. The normalized spacial score (nSPS) is 11.2. The molecule has 0 aliphatic carbocycles. The Bertz CT molecular complexity index is 1290. The standard InChI is InChI=1S/C23H15BrN2O3/c24-17-10-5-15(6-11-17)7-14-21-25-20-4-2-1-3-19(20)22(27)26(21)18-12-8-16(9-13-18)23(28)29/h1-14H,(H,28,29)/b14-7+. The lowest BCUT2D eigenvalue weighted by molar-refractivity contribution is 0.0697. The largest absolute Gasteiger partial charge is 0.478 e. The zero-order chi connectivity index (χ0) is 20.4. The molecule has 0 spiro atoms. The van der Waals surface area contributed by atoms with Crippen LogP contribution in [0.25, 0.3) is 28.7 Å². The molecule has 0 unspecified atom stereocenters. The number of carbonyl (C=O) groups is 1. The summed E-state index contributed by atoms with van der Waals surface area (Å²) < 4.78 is 2.47. The Kier molecular flexibility index (Phi) is 5.10. The predicted octanol–water partition coefficient (Wildman–Crippen LogP) is 5.02. The van der Waals surface area contributed by atoms with Crippen molar-refractivity contribution in [2.24, 2.45) is 0 Å². The number of halogens is 1. The van der Waals surface area contributed by atoms with Crippen molar-refractivity contribution in [3.05, 3.63) is 105 Å². The van der Waals surface area contributed by atoms with Crippen LogP contribution in [0.4, 0.5) is 0 Å². The molecule has 4 aromatic rings. The molecule has 0 amide bonds. The van der Waals surface area contributed by atoms with Crippen molar-refractivity contribution in [2.45, 2.75) is 0 Å². The van der Waals surface area contributed by atoms with Gasteiger partial charge in [0.05, 0.1) is 22.2 Å². The summed E-state index contributed by atoms with van der Waals surface area (Å²) in [6.07, 6.45) is 3.66. The average Bonchev–Trinajstić information content (AvgIpc) is 2.73. The summed E-state index contributed by atoms with van der Waals surface area (Å²) in [7, 11) is 0. The third-order valence-corrected chi connectivity index (χ3v) is 5.00. The van der Waals surface area contributed by atoms with Gasteiger partial charge in [-0.25, -0.2) is 9.78 Å². The highest BCUT2D eigenvalue weighted by Gasteiger charge is 2.12. The Morgan fingerprint density at radius 3 is 2.31 bits per heavy atom. The van der Waals surface area contributed by atoms with Gasteiger partial charge in [0.1, 0.15) is 5.82 Å². The molecule has 3 aromatic carbocycles. The Labute approximate surface area is 174 Å². The molecule has 0 saturated heterocycles. The Morgan fingerprint density at radius 2 is 1.62 bits per heavy atom. The number of carboxylic acid groups (broad SMARTS) is 1. The number of nitrogens with zero attached hydrogens (tertiary/aromatic N) is 2. The zero-order valence-corrected chi connectivity index (χ0v) is 16.7. The fourth-order valence-corrected chi connectivity index (χ4v) is 3.27. The topological polar surface area (TPSA) is 72.2 Å². The molecule has 0 saturated carbocycles. The van der Waals surface area contributed by atoms with E-state index in [2.05, 4.69) is 20.9 Å². The molecule has 0 fully saturated rings. The Hall–Kier alpha value is -3.51. The summed E-state index contributed by atoms with van der Waals surface area (Å²) in [4.78, 5) is 29.0. The molecule has 0 radical (unpaired) electrons.